The Morgan fingerprint density at radius 3 is 2.55 bits per heavy atom. The van der Waals surface area contributed by atoms with Gasteiger partial charge in [0.15, 0.2) is 5.96 Å². The lowest BCUT2D eigenvalue weighted by molar-refractivity contribution is -0.128. The highest BCUT2D eigenvalue weighted by Gasteiger charge is 2.19. The zero-order valence-corrected chi connectivity index (χ0v) is 18.0. The second kappa shape index (κ2) is 10.3. The molecular formula is C23H29ClN4O. The highest BCUT2D eigenvalue weighted by Crippen LogP contribution is 2.17. The average Bonchev–Trinajstić information content (AvgIpc) is 3.12. The Morgan fingerprint density at radius 1 is 1.17 bits per heavy atom. The lowest BCUT2D eigenvalue weighted by Crippen LogP contribution is -2.38. The van der Waals surface area contributed by atoms with Crippen molar-refractivity contribution in [2.45, 2.75) is 39.4 Å². The van der Waals surface area contributed by atoms with Gasteiger partial charge < -0.3 is 15.1 Å². The monoisotopic (exact) mass is 412 g/mol. The third-order valence-corrected chi connectivity index (χ3v) is 5.41. The van der Waals surface area contributed by atoms with Crippen LogP contribution in [0.15, 0.2) is 53.5 Å². The van der Waals surface area contributed by atoms with Crippen molar-refractivity contribution < 1.29 is 4.79 Å². The van der Waals surface area contributed by atoms with Gasteiger partial charge in [0.1, 0.15) is 0 Å². The van der Waals surface area contributed by atoms with E-state index in [9.17, 15) is 4.79 Å². The molecule has 154 valence electrons. The molecule has 2 aromatic rings. The molecular weight excluding hydrogens is 384 g/mol. The largest absolute Gasteiger partial charge is 0.357 e. The van der Waals surface area contributed by atoms with Gasteiger partial charge in [-0.3, -0.25) is 4.79 Å². The summed E-state index contributed by atoms with van der Waals surface area (Å²) in [5.74, 6) is 1.11. The predicted octanol–water partition coefficient (Wildman–Crippen LogP) is 4.06. The van der Waals surface area contributed by atoms with Gasteiger partial charge in [-0.1, -0.05) is 54.1 Å². The van der Waals surface area contributed by atoms with E-state index in [0.717, 1.165) is 47.2 Å². The maximum atomic E-state index is 11.8. The zero-order valence-electron chi connectivity index (χ0n) is 17.2. The quantitative estimate of drug-likeness (QED) is 0.551. The van der Waals surface area contributed by atoms with E-state index in [1.54, 1.807) is 0 Å². The molecule has 0 unspecified atom stereocenters. The Balaban J connectivity index is 1.61. The number of hydrogen-bond donors (Lipinski definition) is 1. The molecule has 29 heavy (non-hydrogen) atoms. The Morgan fingerprint density at radius 2 is 1.90 bits per heavy atom. The number of nitrogens with zero attached hydrogens (tertiary/aromatic N) is 3. The van der Waals surface area contributed by atoms with Crippen LogP contribution in [-0.2, 0) is 24.4 Å². The third kappa shape index (κ3) is 5.97. The van der Waals surface area contributed by atoms with Gasteiger partial charge >= 0.3 is 0 Å². The van der Waals surface area contributed by atoms with Crippen LogP contribution in [0.25, 0.3) is 0 Å². The summed E-state index contributed by atoms with van der Waals surface area (Å²) in [4.78, 5) is 20.6. The first kappa shape index (κ1) is 21.2. The van der Waals surface area contributed by atoms with Crippen LogP contribution in [0.4, 0.5) is 0 Å². The fourth-order valence-electron chi connectivity index (χ4n) is 3.43. The van der Waals surface area contributed by atoms with Crippen molar-refractivity contribution in [3.8, 4) is 0 Å². The van der Waals surface area contributed by atoms with E-state index in [-0.39, 0.29) is 5.91 Å². The van der Waals surface area contributed by atoms with Crippen molar-refractivity contribution in [1.82, 2.24) is 15.1 Å². The van der Waals surface area contributed by atoms with Gasteiger partial charge in [-0.05, 0) is 36.1 Å². The molecule has 0 aliphatic carbocycles. The molecule has 1 saturated heterocycles. The molecule has 1 heterocycles. The summed E-state index contributed by atoms with van der Waals surface area (Å²) >= 11 is 6.30. The van der Waals surface area contributed by atoms with E-state index >= 15 is 0 Å². The summed E-state index contributed by atoms with van der Waals surface area (Å²) in [6, 6.07) is 16.3. The number of hydrogen-bond acceptors (Lipinski definition) is 2. The van der Waals surface area contributed by atoms with Crippen molar-refractivity contribution in [2.75, 3.05) is 20.1 Å². The maximum absolute atomic E-state index is 11.8. The first-order chi connectivity index (χ1) is 14.1. The van der Waals surface area contributed by atoms with E-state index in [0.29, 0.717) is 26.1 Å². The SMILES string of the molecule is CCNC(=NCc1ccc(CN2CCCC2=O)cc1)N(C)Cc1ccccc1Cl. The topological polar surface area (TPSA) is 47.9 Å². The number of carbonyl (C=O) groups is 1. The first-order valence-electron chi connectivity index (χ1n) is 10.1. The smallest absolute Gasteiger partial charge is 0.222 e. The number of benzene rings is 2. The molecule has 1 N–H and O–H groups in total. The number of guanidine groups is 1. The van der Waals surface area contributed by atoms with E-state index in [2.05, 4.69) is 41.4 Å². The molecule has 0 aromatic heterocycles. The van der Waals surface area contributed by atoms with Crippen LogP contribution < -0.4 is 5.32 Å². The molecule has 0 spiro atoms. The molecule has 3 rings (SSSR count). The Labute approximate surface area is 178 Å². The number of halogens is 1. The minimum Gasteiger partial charge on any atom is -0.357 e. The molecule has 1 amide bonds. The van der Waals surface area contributed by atoms with E-state index < -0.39 is 0 Å². The number of aliphatic imine (C=N–C) groups is 1. The second-order valence-corrected chi connectivity index (χ2v) is 7.76. The molecule has 0 bridgehead atoms. The highest BCUT2D eigenvalue weighted by atomic mass is 35.5. The summed E-state index contributed by atoms with van der Waals surface area (Å²) in [7, 11) is 2.01. The normalized spacial score (nSPS) is 14.4. The Bertz CT molecular complexity index is 850. The van der Waals surface area contributed by atoms with Crippen LogP contribution >= 0.6 is 11.6 Å². The van der Waals surface area contributed by atoms with Gasteiger partial charge in [0.25, 0.3) is 0 Å². The van der Waals surface area contributed by atoms with Crippen LogP contribution in [0.2, 0.25) is 5.02 Å². The number of likely N-dealkylation sites (tertiary alicyclic amines) is 1. The minimum absolute atomic E-state index is 0.260. The van der Waals surface area contributed by atoms with Crippen LogP contribution in [0.3, 0.4) is 0 Å². The number of carbonyl (C=O) groups excluding carboxylic acids is 1. The van der Waals surface area contributed by atoms with Gasteiger partial charge in [0, 0.05) is 44.7 Å². The summed E-state index contributed by atoms with van der Waals surface area (Å²) in [6.07, 6.45) is 1.66. The van der Waals surface area contributed by atoms with Gasteiger partial charge in [0.2, 0.25) is 5.91 Å². The minimum atomic E-state index is 0.260. The molecule has 0 saturated carbocycles. The van der Waals surface area contributed by atoms with Crippen LogP contribution in [0.5, 0.6) is 0 Å². The number of amides is 1. The molecule has 6 heteroatoms. The lowest BCUT2D eigenvalue weighted by Gasteiger charge is -2.22. The fraction of sp³-hybridized carbons (Fsp3) is 0.391. The van der Waals surface area contributed by atoms with Crippen LogP contribution in [-0.4, -0.2) is 41.8 Å². The first-order valence-corrected chi connectivity index (χ1v) is 10.5. The van der Waals surface area contributed by atoms with E-state index in [1.165, 1.54) is 0 Å². The lowest BCUT2D eigenvalue weighted by atomic mass is 10.1. The van der Waals surface area contributed by atoms with Gasteiger partial charge in [-0.25, -0.2) is 4.99 Å². The van der Waals surface area contributed by atoms with Crippen LogP contribution in [0, 0.1) is 0 Å². The van der Waals surface area contributed by atoms with Crippen molar-refractivity contribution in [3.63, 3.8) is 0 Å². The standard InChI is InChI=1S/C23H29ClN4O/c1-3-25-23(27(2)17-20-7-4-5-8-21(20)24)26-15-18-10-12-19(13-11-18)16-28-14-6-9-22(28)29/h4-5,7-8,10-13H,3,6,9,14-17H2,1-2H3,(H,25,26). The molecule has 1 aliphatic heterocycles. The summed E-state index contributed by atoms with van der Waals surface area (Å²) in [5.41, 5.74) is 3.38. The summed E-state index contributed by atoms with van der Waals surface area (Å²) in [6.45, 7) is 5.72. The van der Waals surface area contributed by atoms with Crippen molar-refractivity contribution >= 4 is 23.5 Å². The number of nitrogens with one attached hydrogen (secondary N) is 1. The summed E-state index contributed by atoms with van der Waals surface area (Å²) < 4.78 is 0. The van der Waals surface area contributed by atoms with E-state index in [1.807, 2.05) is 36.2 Å². The predicted molar refractivity (Wildman–Crippen MR) is 119 cm³/mol. The van der Waals surface area contributed by atoms with E-state index in [4.69, 9.17) is 16.6 Å². The van der Waals surface area contributed by atoms with Gasteiger partial charge in [-0.2, -0.15) is 0 Å². The third-order valence-electron chi connectivity index (χ3n) is 5.04. The molecule has 0 atom stereocenters. The number of rotatable bonds is 7. The molecule has 0 radical (unpaired) electrons. The molecule has 5 nitrogen and oxygen atoms in total. The highest BCUT2D eigenvalue weighted by molar-refractivity contribution is 6.31. The van der Waals surface area contributed by atoms with Crippen molar-refractivity contribution in [2.24, 2.45) is 4.99 Å². The fourth-order valence-corrected chi connectivity index (χ4v) is 3.63. The Hall–Kier alpha value is -2.53. The molecule has 1 fully saturated rings. The van der Waals surface area contributed by atoms with Gasteiger partial charge in [0.05, 0.1) is 6.54 Å². The average molecular weight is 413 g/mol. The second-order valence-electron chi connectivity index (χ2n) is 7.35. The van der Waals surface area contributed by atoms with Crippen molar-refractivity contribution in [1.29, 1.82) is 0 Å². The summed E-state index contributed by atoms with van der Waals surface area (Å²) in [5, 5.41) is 4.11. The van der Waals surface area contributed by atoms with Crippen molar-refractivity contribution in [3.05, 3.63) is 70.2 Å². The molecule has 1 aliphatic rings. The maximum Gasteiger partial charge on any atom is 0.222 e. The zero-order chi connectivity index (χ0) is 20.6. The molecule has 2 aromatic carbocycles. The van der Waals surface area contributed by atoms with Gasteiger partial charge in [-0.15, -0.1) is 0 Å². The van der Waals surface area contributed by atoms with Crippen LogP contribution in [0.1, 0.15) is 36.5 Å². The Kier molecular flexibility index (Phi) is 7.53.